The van der Waals surface area contributed by atoms with Crippen LogP contribution in [0.5, 0.6) is 0 Å². The topological polar surface area (TPSA) is 36.7 Å². The molecule has 254 valence electrons. The number of nitriles is 1. The van der Waals surface area contributed by atoms with Crippen molar-refractivity contribution in [3.8, 4) is 62.0 Å². The maximum absolute atomic E-state index is 10.1. The van der Waals surface area contributed by atoms with Crippen molar-refractivity contribution in [1.29, 1.82) is 5.26 Å². The van der Waals surface area contributed by atoms with E-state index in [4.69, 9.17) is 4.98 Å². The van der Waals surface area contributed by atoms with E-state index in [1.54, 1.807) is 0 Å². The number of rotatable bonds is 5. The van der Waals surface area contributed by atoms with Crippen molar-refractivity contribution in [3.05, 3.63) is 144 Å². The van der Waals surface area contributed by atoms with Gasteiger partial charge in [0, 0.05) is 16.5 Å². The standard InChI is InChI=1S/C49H44N2Si/c1-52(2,3)41-18-16-35(17-19-41)47-29-38(28-46(51-47)34-9-5-4-6-10-34)36-11-7-12-37(27-36)42-13-8-14-45-48(42)43-26-31(30-50)15-20-44(43)49(45)39-22-32-21-33(24-39)25-40(49)23-32/h4-20,26-29,32-33,39-40H,21-25H2,1-3H3. The molecular formula is C49H44N2Si. The van der Waals surface area contributed by atoms with Crippen LogP contribution in [0.25, 0.3) is 55.9 Å². The van der Waals surface area contributed by atoms with Gasteiger partial charge in [-0.1, -0.05) is 122 Å². The second-order valence-corrected chi connectivity index (χ2v) is 22.3. The third-order valence-corrected chi connectivity index (χ3v) is 15.3. The Morgan fingerprint density at radius 1 is 0.558 bits per heavy atom. The smallest absolute Gasteiger partial charge is 0.0991 e. The number of fused-ring (bicyclic) bond motifs is 3. The highest BCUT2D eigenvalue weighted by atomic mass is 28.3. The van der Waals surface area contributed by atoms with Crippen molar-refractivity contribution in [1.82, 2.24) is 4.98 Å². The summed E-state index contributed by atoms with van der Waals surface area (Å²) < 4.78 is 0. The van der Waals surface area contributed by atoms with E-state index in [9.17, 15) is 5.26 Å². The van der Waals surface area contributed by atoms with Crippen molar-refractivity contribution in [2.45, 2.75) is 57.2 Å². The molecule has 3 heteroatoms. The van der Waals surface area contributed by atoms with Crippen LogP contribution in [0.4, 0.5) is 0 Å². The lowest BCUT2D eigenvalue weighted by Gasteiger charge is -2.61. The average Bonchev–Trinajstić information content (AvgIpc) is 3.47. The monoisotopic (exact) mass is 688 g/mol. The summed E-state index contributed by atoms with van der Waals surface area (Å²) in [5.74, 6) is 3.15. The molecule has 0 amide bonds. The zero-order valence-electron chi connectivity index (χ0n) is 30.4. The predicted molar refractivity (Wildman–Crippen MR) is 217 cm³/mol. The van der Waals surface area contributed by atoms with E-state index in [0.29, 0.717) is 11.8 Å². The first-order valence-electron chi connectivity index (χ1n) is 19.3. The molecule has 0 unspecified atom stereocenters. The molecule has 0 saturated heterocycles. The van der Waals surface area contributed by atoms with Crippen molar-refractivity contribution >= 4 is 13.3 Å². The molecule has 0 atom stereocenters. The summed E-state index contributed by atoms with van der Waals surface area (Å²) in [4.78, 5) is 5.23. The third kappa shape index (κ3) is 4.84. The summed E-state index contributed by atoms with van der Waals surface area (Å²) in [7, 11) is -1.42. The summed E-state index contributed by atoms with van der Waals surface area (Å²) in [6.07, 6.45) is 6.83. The first kappa shape index (κ1) is 31.7. The quantitative estimate of drug-likeness (QED) is 0.169. The molecule has 4 fully saturated rings. The van der Waals surface area contributed by atoms with Crippen molar-refractivity contribution in [2.75, 3.05) is 0 Å². The summed E-state index contributed by atoms with van der Waals surface area (Å²) in [5.41, 5.74) is 15.6. The summed E-state index contributed by atoms with van der Waals surface area (Å²) in [5, 5.41) is 11.5. The third-order valence-electron chi connectivity index (χ3n) is 13.2. The normalized spacial score (nSPS) is 23.7. The number of hydrogen-bond donors (Lipinski definition) is 0. The van der Waals surface area contributed by atoms with Gasteiger partial charge in [-0.25, -0.2) is 4.98 Å². The minimum absolute atomic E-state index is 0.0648. The van der Waals surface area contributed by atoms with E-state index in [1.165, 1.54) is 76.2 Å². The van der Waals surface area contributed by atoms with Gasteiger partial charge in [0.1, 0.15) is 0 Å². The van der Waals surface area contributed by atoms with E-state index in [2.05, 4.69) is 153 Å². The lowest BCUT2D eigenvalue weighted by molar-refractivity contribution is -0.0399. The minimum atomic E-state index is -1.42. The molecule has 2 nitrogen and oxygen atoms in total. The van der Waals surface area contributed by atoms with Gasteiger partial charge in [-0.2, -0.15) is 5.26 Å². The SMILES string of the molecule is C[Si](C)(C)c1ccc(-c2cc(-c3cccc(-c4cccc5c4-c4cc(C#N)ccc4C54C5CC6CC(C5)CC4C6)c3)cc(-c3ccccc3)n2)cc1. The zero-order valence-corrected chi connectivity index (χ0v) is 31.4. The first-order chi connectivity index (χ1) is 25.3. The Morgan fingerprint density at radius 3 is 1.87 bits per heavy atom. The van der Waals surface area contributed by atoms with E-state index < -0.39 is 8.07 Å². The summed E-state index contributed by atoms with van der Waals surface area (Å²) >= 11 is 0. The Morgan fingerprint density at radius 2 is 1.19 bits per heavy atom. The summed E-state index contributed by atoms with van der Waals surface area (Å²) in [6, 6.07) is 49.5. The zero-order chi connectivity index (χ0) is 35.2. The second kappa shape index (κ2) is 11.7. The average molecular weight is 689 g/mol. The molecule has 4 saturated carbocycles. The highest BCUT2D eigenvalue weighted by Crippen LogP contribution is 2.70. The van der Waals surface area contributed by atoms with Gasteiger partial charge in [0.15, 0.2) is 0 Å². The van der Waals surface area contributed by atoms with Crippen LogP contribution in [-0.2, 0) is 5.41 Å². The van der Waals surface area contributed by atoms with Crippen LogP contribution in [0.1, 0.15) is 48.8 Å². The van der Waals surface area contributed by atoms with Gasteiger partial charge in [0.2, 0.25) is 0 Å². The maximum atomic E-state index is 10.1. The molecule has 11 rings (SSSR count). The molecule has 1 heterocycles. The van der Waals surface area contributed by atoms with Gasteiger partial charge < -0.3 is 0 Å². The van der Waals surface area contributed by atoms with E-state index in [1.807, 2.05) is 0 Å². The van der Waals surface area contributed by atoms with Crippen molar-refractivity contribution < 1.29 is 0 Å². The van der Waals surface area contributed by atoms with Crippen LogP contribution in [-0.4, -0.2) is 13.1 Å². The molecule has 5 aliphatic carbocycles. The van der Waals surface area contributed by atoms with Gasteiger partial charge in [-0.05, 0) is 131 Å². The second-order valence-electron chi connectivity index (χ2n) is 17.2. The predicted octanol–water partition coefficient (Wildman–Crippen LogP) is 11.9. The Labute approximate surface area is 309 Å². The van der Waals surface area contributed by atoms with Gasteiger partial charge >= 0.3 is 0 Å². The van der Waals surface area contributed by atoms with E-state index in [-0.39, 0.29) is 5.41 Å². The van der Waals surface area contributed by atoms with Gasteiger partial charge in [-0.3, -0.25) is 0 Å². The fourth-order valence-electron chi connectivity index (χ4n) is 11.2. The number of nitrogens with zero attached hydrogens (tertiary/aromatic N) is 2. The van der Waals surface area contributed by atoms with Crippen LogP contribution in [0, 0.1) is 35.0 Å². The fraction of sp³-hybridized carbons (Fsp3) is 0.265. The first-order valence-corrected chi connectivity index (χ1v) is 22.8. The van der Waals surface area contributed by atoms with E-state index >= 15 is 0 Å². The molecule has 0 N–H and O–H groups in total. The Kier molecular flexibility index (Phi) is 7.15. The Balaban J connectivity index is 1.13. The largest absolute Gasteiger partial charge is 0.248 e. The van der Waals surface area contributed by atoms with Gasteiger partial charge in [0.05, 0.1) is 31.1 Å². The van der Waals surface area contributed by atoms with Crippen LogP contribution in [0.15, 0.2) is 127 Å². The highest BCUT2D eigenvalue weighted by Gasteiger charge is 2.61. The molecule has 1 aromatic heterocycles. The Bertz CT molecular complexity index is 2380. The lowest BCUT2D eigenvalue weighted by Crippen LogP contribution is -2.55. The van der Waals surface area contributed by atoms with Gasteiger partial charge in [0.25, 0.3) is 0 Å². The molecule has 1 spiro atoms. The van der Waals surface area contributed by atoms with Crippen molar-refractivity contribution in [2.24, 2.45) is 23.7 Å². The molecule has 4 bridgehead atoms. The molecule has 52 heavy (non-hydrogen) atoms. The molecular weight excluding hydrogens is 645 g/mol. The number of benzene rings is 5. The number of pyridine rings is 1. The Hall–Kier alpha value is -5.04. The maximum Gasteiger partial charge on any atom is 0.0991 e. The van der Waals surface area contributed by atoms with E-state index in [0.717, 1.165) is 45.5 Å². The lowest BCUT2D eigenvalue weighted by atomic mass is 9.43. The molecule has 6 aromatic rings. The molecule has 5 aromatic carbocycles. The van der Waals surface area contributed by atoms with Crippen molar-refractivity contribution in [3.63, 3.8) is 0 Å². The molecule has 5 aliphatic rings. The van der Waals surface area contributed by atoms with Crippen LogP contribution < -0.4 is 5.19 Å². The summed E-state index contributed by atoms with van der Waals surface area (Å²) in [6.45, 7) is 7.19. The molecule has 0 radical (unpaired) electrons. The highest BCUT2D eigenvalue weighted by molar-refractivity contribution is 6.88. The van der Waals surface area contributed by atoms with Crippen LogP contribution in [0.2, 0.25) is 19.6 Å². The van der Waals surface area contributed by atoms with Crippen LogP contribution >= 0.6 is 0 Å². The minimum Gasteiger partial charge on any atom is -0.248 e. The number of aromatic nitrogens is 1. The van der Waals surface area contributed by atoms with Gasteiger partial charge in [-0.15, -0.1) is 0 Å². The molecule has 0 aliphatic heterocycles. The fourth-order valence-corrected chi connectivity index (χ4v) is 12.3. The van der Waals surface area contributed by atoms with Crippen LogP contribution in [0.3, 0.4) is 0 Å². The number of hydrogen-bond acceptors (Lipinski definition) is 2.